The molecule has 8 heterocycles. The summed E-state index contributed by atoms with van der Waals surface area (Å²) < 4.78 is 21.9. The van der Waals surface area contributed by atoms with E-state index in [1.807, 2.05) is 114 Å². The van der Waals surface area contributed by atoms with Crippen molar-refractivity contribution in [2.45, 2.75) is 112 Å². The molecule has 0 amide bonds. The van der Waals surface area contributed by atoms with Crippen molar-refractivity contribution < 1.29 is 84.8 Å². The second-order valence-corrected chi connectivity index (χ2v) is 19.1. The van der Waals surface area contributed by atoms with Gasteiger partial charge in [0.1, 0.15) is 18.3 Å². The van der Waals surface area contributed by atoms with Crippen LogP contribution in [0.1, 0.15) is 90.9 Å². The Morgan fingerprint density at radius 2 is 1.36 bits per heavy atom. The van der Waals surface area contributed by atoms with Crippen LogP contribution >= 0.6 is 22.9 Å². The third-order valence-electron chi connectivity index (χ3n) is 11.1. The number of para-hydroxylation sites is 2. The van der Waals surface area contributed by atoms with Crippen LogP contribution in [0.5, 0.6) is 0 Å². The van der Waals surface area contributed by atoms with Crippen molar-refractivity contribution in [2.75, 3.05) is 6.67 Å². The molecule has 23 heteroatoms. The second kappa shape index (κ2) is 30.0. The monoisotopic (exact) mass is 1780 g/mol. The van der Waals surface area contributed by atoms with Crippen LogP contribution in [0.2, 0.25) is 5.02 Å². The molecule has 1 aliphatic rings. The Labute approximate surface area is 507 Å². The SMILES string of the molecule is CCCc1ncn(-c2[c-]cn(-c3ccccc3)c2C)n1.CCc1cnn(C2=NC(C)(C)N=[C-]2)n1.CCc1nn(-c2[c-]c(C)sc2C)cc1Cl.Cc1c([S-])c(-n2cnc(CCF)n2)c(C)n1-c1ccccc1.[Ir].[Ir].[Ir].[Ir]. The summed E-state index contributed by atoms with van der Waals surface area (Å²) in [5, 5.41) is 22.3. The molecule has 9 aromatic rings. The van der Waals surface area contributed by atoms with Crippen LogP contribution in [-0.4, -0.2) is 87.8 Å². The van der Waals surface area contributed by atoms with Crippen molar-refractivity contribution >= 4 is 47.6 Å². The summed E-state index contributed by atoms with van der Waals surface area (Å²) in [7, 11) is 0. The van der Waals surface area contributed by atoms with E-state index in [2.05, 4.69) is 106 Å². The van der Waals surface area contributed by atoms with E-state index >= 15 is 0 Å². The van der Waals surface area contributed by atoms with Gasteiger partial charge in [0.05, 0.1) is 35.0 Å². The summed E-state index contributed by atoms with van der Waals surface area (Å²) in [5.74, 6) is 1.95. The Bertz CT molecular complexity index is 3240. The summed E-state index contributed by atoms with van der Waals surface area (Å²) in [6.07, 6.45) is 15.6. The van der Waals surface area contributed by atoms with E-state index in [-0.39, 0.29) is 86.8 Å². The Morgan fingerprint density at radius 3 is 1.91 bits per heavy atom. The maximum atomic E-state index is 12.4. The van der Waals surface area contributed by atoms with Crippen LogP contribution in [0.25, 0.3) is 28.4 Å². The molecule has 0 spiro atoms. The molecular formula is C52H57ClFIr4N15S2-4. The van der Waals surface area contributed by atoms with Crippen LogP contribution in [0.4, 0.5) is 4.39 Å². The van der Waals surface area contributed by atoms with Crippen LogP contribution in [-0.2, 0) is 119 Å². The van der Waals surface area contributed by atoms with E-state index in [1.54, 1.807) is 39.6 Å². The smallest absolute Gasteiger partial charge is 0.153 e. The van der Waals surface area contributed by atoms with Gasteiger partial charge in [-0.2, -0.15) is 30.3 Å². The maximum absolute atomic E-state index is 12.4. The molecule has 0 fully saturated rings. The first-order valence-electron chi connectivity index (χ1n) is 23.3. The zero-order valence-corrected chi connectivity index (χ0v) is 55.0. The van der Waals surface area contributed by atoms with Gasteiger partial charge >= 0.3 is 0 Å². The van der Waals surface area contributed by atoms with Crippen molar-refractivity contribution in [3.63, 3.8) is 0 Å². The summed E-state index contributed by atoms with van der Waals surface area (Å²) in [6.45, 7) is 19.8. The van der Waals surface area contributed by atoms with Gasteiger partial charge in [-0.3, -0.25) is 30.1 Å². The molecule has 1 aliphatic heterocycles. The van der Waals surface area contributed by atoms with Gasteiger partial charge in [-0.25, -0.2) is 26.8 Å². The van der Waals surface area contributed by atoms with Crippen LogP contribution in [0, 0.1) is 46.8 Å². The summed E-state index contributed by atoms with van der Waals surface area (Å²) in [5.41, 5.74) is 9.51. The first-order valence-corrected chi connectivity index (χ1v) is 25.0. The Morgan fingerprint density at radius 1 is 0.733 bits per heavy atom. The third kappa shape index (κ3) is 16.1. The number of aryl methyl sites for hydroxylation is 6. The molecule has 4 radical (unpaired) electrons. The van der Waals surface area contributed by atoms with Crippen molar-refractivity contribution in [3.8, 4) is 28.4 Å². The standard InChI is InChI=1S/C16H17FN4S.C16H17N4.C11H12ClN2S.C9H12N5.4Ir/c1-11-15(20-10-18-14(19-20)8-9-17)16(22)12(2)21(11)13-6-4-3-5-7-13;1-3-7-16-17-12-20(18-16)15-10-11-19(13(15)2)14-8-5-4-6-9-14;1-4-10-9(12)6-14(13-10)11-5-7(2)15-8(11)3;1-4-7-5-11-14(13-7)8-6-10-9(2,3)12-8;;;;/h3-7,10,22H,8-9H2,1-2H3;4-6,8-9,11-12H,3,7H2,1-2H3;6H,4H2,1-3H3;5H,4H2,1-3H3;;;;/q;3*-1;;;;/p-1. The first kappa shape index (κ1) is 65.0. The van der Waals surface area contributed by atoms with Crippen LogP contribution < -0.4 is 0 Å². The van der Waals surface area contributed by atoms with Crippen LogP contribution in [0.3, 0.4) is 0 Å². The minimum absolute atomic E-state index is 0. The molecule has 2 aromatic carbocycles. The number of aromatic nitrogens is 13. The molecule has 0 atom stereocenters. The fourth-order valence-electron chi connectivity index (χ4n) is 7.57. The number of alkyl halides is 1. The number of hydrogen-bond donors (Lipinski definition) is 0. The molecule has 0 bridgehead atoms. The zero-order valence-electron chi connectivity index (χ0n) is 43.0. The van der Waals surface area contributed by atoms with Gasteiger partial charge in [0.25, 0.3) is 0 Å². The molecule has 75 heavy (non-hydrogen) atoms. The summed E-state index contributed by atoms with van der Waals surface area (Å²) >= 11 is 13.4. The van der Waals surface area contributed by atoms with Gasteiger partial charge in [-0.15, -0.1) is 20.3 Å². The fourth-order valence-corrected chi connectivity index (χ4v) is 9.01. The second-order valence-electron chi connectivity index (χ2n) is 16.9. The zero-order chi connectivity index (χ0) is 50.8. The topological polar surface area (TPSA) is 145 Å². The number of rotatable bonds is 11. The maximum Gasteiger partial charge on any atom is 0.153 e. The number of hydrogen-bond acceptors (Lipinski definition) is 11. The van der Waals surface area contributed by atoms with E-state index in [9.17, 15) is 4.39 Å². The molecule has 15 nitrogen and oxygen atoms in total. The first-order chi connectivity index (χ1) is 34.1. The van der Waals surface area contributed by atoms with Crippen molar-refractivity contribution in [3.05, 3.63) is 159 Å². The van der Waals surface area contributed by atoms with Gasteiger partial charge in [0, 0.05) is 128 Å². The fraction of sp³-hybridized carbons (Fsp3) is 0.327. The molecule has 406 valence electrons. The van der Waals surface area contributed by atoms with Gasteiger partial charge in [0.2, 0.25) is 0 Å². The number of benzene rings is 2. The number of halogens is 2. The summed E-state index contributed by atoms with van der Waals surface area (Å²) in [4.78, 5) is 21.5. The minimum Gasteiger partial charge on any atom is -0.776 e. The largest absolute Gasteiger partial charge is 0.776 e. The Kier molecular flexibility index (Phi) is 26.0. The van der Waals surface area contributed by atoms with E-state index in [0.29, 0.717) is 11.7 Å². The number of aliphatic imine (C=N–C) groups is 2. The third-order valence-corrected chi connectivity index (χ3v) is 12.8. The van der Waals surface area contributed by atoms with Crippen molar-refractivity contribution in [2.24, 2.45) is 9.98 Å². The number of thiophene rings is 1. The van der Waals surface area contributed by atoms with Crippen molar-refractivity contribution in [1.82, 2.24) is 63.4 Å². The van der Waals surface area contributed by atoms with Gasteiger partial charge in [-0.05, 0) is 78.1 Å². The number of nitrogens with zero attached hydrogens (tertiary/aromatic N) is 15. The van der Waals surface area contributed by atoms with Gasteiger partial charge in [-0.1, -0.05) is 100 Å². The molecular weight excluding hydrogens is 1720 g/mol. The quantitative estimate of drug-likeness (QED) is 0.0920. The Balaban J connectivity index is 0.000000263. The minimum atomic E-state index is -0.465. The molecule has 0 saturated heterocycles. The van der Waals surface area contributed by atoms with Crippen molar-refractivity contribution in [1.29, 1.82) is 0 Å². The van der Waals surface area contributed by atoms with Gasteiger partial charge < -0.3 is 33.0 Å². The van der Waals surface area contributed by atoms with E-state index < -0.39 is 12.3 Å². The van der Waals surface area contributed by atoms with E-state index in [4.69, 9.17) is 24.2 Å². The summed E-state index contributed by atoms with van der Waals surface area (Å²) in [6, 6.07) is 26.8. The average molecular weight is 1780 g/mol. The average Bonchev–Trinajstić information content (AvgIpc) is 4.25. The molecule has 0 unspecified atom stereocenters. The molecule has 0 saturated carbocycles. The molecule has 10 rings (SSSR count). The van der Waals surface area contributed by atoms with E-state index in [0.717, 1.165) is 98.3 Å². The predicted octanol–water partition coefficient (Wildman–Crippen LogP) is 10.6. The van der Waals surface area contributed by atoms with E-state index in [1.165, 1.54) is 14.6 Å². The van der Waals surface area contributed by atoms with Crippen LogP contribution in [0.15, 0.2) is 107 Å². The van der Waals surface area contributed by atoms with Gasteiger partial charge in [0.15, 0.2) is 11.6 Å². The Hall–Kier alpha value is -4.29. The predicted molar refractivity (Wildman–Crippen MR) is 282 cm³/mol. The molecule has 7 aromatic heterocycles. The molecule has 0 N–H and O–H groups in total. The normalized spacial score (nSPS) is 11.8. The molecule has 0 aliphatic carbocycles.